The number of methoxy groups -OCH3 is 1. The van der Waals surface area contributed by atoms with Crippen molar-refractivity contribution in [3.05, 3.63) is 35.5 Å². The molecule has 33 heavy (non-hydrogen) atoms. The lowest BCUT2D eigenvalue weighted by Gasteiger charge is -2.39. The summed E-state index contributed by atoms with van der Waals surface area (Å²) in [5.74, 6) is 0.899. The molecule has 1 saturated carbocycles. The number of carbonyl (C=O) groups excluding carboxylic acids is 2. The fourth-order valence-electron chi connectivity index (χ4n) is 5.41. The molecule has 1 aliphatic heterocycles. The first-order valence-corrected chi connectivity index (χ1v) is 12.2. The van der Waals surface area contributed by atoms with Gasteiger partial charge in [-0.2, -0.15) is 0 Å². The summed E-state index contributed by atoms with van der Waals surface area (Å²) in [7, 11) is 1.67. The number of allylic oxidation sites excluding steroid dienone is 1. The van der Waals surface area contributed by atoms with Crippen molar-refractivity contribution in [2.45, 2.75) is 77.8 Å². The molecule has 0 radical (unpaired) electrons. The molecule has 2 N–H and O–H groups in total. The fourth-order valence-corrected chi connectivity index (χ4v) is 5.41. The van der Waals surface area contributed by atoms with Crippen molar-refractivity contribution >= 4 is 28.3 Å². The van der Waals surface area contributed by atoms with Crippen molar-refractivity contribution in [1.29, 1.82) is 0 Å². The maximum Gasteiger partial charge on any atom is 0.247 e. The topological polar surface area (TPSA) is 74.4 Å². The first kappa shape index (κ1) is 23.4. The Hall–Kier alpha value is -2.76. The van der Waals surface area contributed by atoms with Crippen LogP contribution in [0, 0.1) is 5.92 Å². The van der Waals surface area contributed by atoms with Gasteiger partial charge in [0, 0.05) is 34.8 Å². The van der Waals surface area contributed by atoms with Crippen LogP contribution in [0.1, 0.15) is 71.1 Å². The number of nitrogens with zero attached hydrogens (tertiary/aromatic N) is 1. The smallest absolute Gasteiger partial charge is 0.247 e. The number of amides is 2. The third-order valence-corrected chi connectivity index (χ3v) is 6.93. The second-order valence-corrected chi connectivity index (χ2v) is 10.6. The van der Waals surface area contributed by atoms with Gasteiger partial charge in [0.25, 0.3) is 0 Å². The number of aromatic nitrogens is 1. The summed E-state index contributed by atoms with van der Waals surface area (Å²) >= 11 is 0. The van der Waals surface area contributed by atoms with E-state index in [1.54, 1.807) is 13.2 Å². The van der Waals surface area contributed by atoms with E-state index in [0.717, 1.165) is 53.6 Å². The monoisotopic (exact) mass is 451 g/mol. The van der Waals surface area contributed by atoms with Gasteiger partial charge in [0.15, 0.2) is 0 Å². The number of rotatable bonds is 4. The normalized spacial score (nSPS) is 20.5. The molecule has 2 heterocycles. The molecular formula is C27H37N3O3. The molecule has 2 aliphatic rings. The number of H-pyrrole nitrogens is 1. The number of carbonyl (C=O) groups is 2. The predicted molar refractivity (Wildman–Crippen MR) is 132 cm³/mol. The van der Waals surface area contributed by atoms with Crippen molar-refractivity contribution in [2.75, 3.05) is 13.7 Å². The number of benzene rings is 1. The van der Waals surface area contributed by atoms with Crippen molar-refractivity contribution in [3.63, 3.8) is 0 Å². The van der Waals surface area contributed by atoms with Crippen LogP contribution in [-0.2, 0) is 16.0 Å². The van der Waals surface area contributed by atoms with E-state index in [4.69, 9.17) is 4.74 Å². The van der Waals surface area contributed by atoms with Gasteiger partial charge < -0.3 is 19.9 Å². The minimum Gasteiger partial charge on any atom is -0.497 e. The van der Waals surface area contributed by atoms with Gasteiger partial charge in [-0.25, -0.2) is 0 Å². The summed E-state index contributed by atoms with van der Waals surface area (Å²) in [4.78, 5) is 32.3. The van der Waals surface area contributed by atoms with E-state index in [2.05, 4.69) is 16.4 Å². The quantitative estimate of drug-likeness (QED) is 0.699. The Morgan fingerprint density at radius 1 is 1.21 bits per heavy atom. The van der Waals surface area contributed by atoms with E-state index in [0.29, 0.717) is 13.0 Å². The van der Waals surface area contributed by atoms with Crippen molar-refractivity contribution in [2.24, 2.45) is 5.92 Å². The molecule has 2 amide bonds. The van der Waals surface area contributed by atoms with Crippen LogP contribution in [-0.4, -0.2) is 46.9 Å². The lowest BCUT2D eigenvalue weighted by atomic mass is 9.82. The largest absolute Gasteiger partial charge is 0.497 e. The first-order valence-electron chi connectivity index (χ1n) is 12.2. The number of hydrogen-bond donors (Lipinski definition) is 2. The molecule has 1 fully saturated rings. The second-order valence-electron chi connectivity index (χ2n) is 10.6. The van der Waals surface area contributed by atoms with Crippen LogP contribution in [0.4, 0.5) is 0 Å². The Kier molecular flexibility index (Phi) is 6.55. The van der Waals surface area contributed by atoms with E-state index in [1.807, 2.05) is 44.7 Å². The average Bonchev–Trinajstić information content (AvgIpc) is 3.12. The summed E-state index contributed by atoms with van der Waals surface area (Å²) in [6.45, 7) is 8.46. The Bertz CT molecular complexity index is 1070. The van der Waals surface area contributed by atoms with Gasteiger partial charge in [0.2, 0.25) is 11.8 Å². The zero-order valence-corrected chi connectivity index (χ0v) is 20.6. The molecule has 6 heteroatoms. The Morgan fingerprint density at radius 2 is 1.94 bits per heavy atom. The molecule has 4 rings (SSSR count). The number of aromatic amines is 1. The number of fused-ring (bicyclic) bond motifs is 3. The van der Waals surface area contributed by atoms with Crippen molar-refractivity contribution in [3.8, 4) is 5.75 Å². The van der Waals surface area contributed by atoms with Gasteiger partial charge in [-0.15, -0.1) is 0 Å². The predicted octanol–water partition coefficient (Wildman–Crippen LogP) is 4.83. The van der Waals surface area contributed by atoms with Gasteiger partial charge in [-0.05, 0) is 82.2 Å². The molecule has 1 unspecified atom stereocenters. The third-order valence-electron chi connectivity index (χ3n) is 6.93. The van der Waals surface area contributed by atoms with Crippen molar-refractivity contribution < 1.29 is 14.3 Å². The molecular weight excluding hydrogens is 414 g/mol. The molecule has 1 aromatic carbocycles. The summed E-state index contributed by atoms with van der Waals surface area (Å²) in [5, 5.41) is 4.28. The molecule has 2 aromatic rings. The molecule has 1 aliphatic carbocycles. The van der Waals surface area contributed by atoms with E-state index in [1.165, 1.54) is 12.0 Å². The minimum absolute atomic E-state index is 0.0322. The molecule has 0 bridgehead atoms. The summed E-state index contributed by atoms with van der Waals surface area (Å²) in [6, 6.07) is 5.57. The standard InChI is InChI=1S/C27H37N3O3/c1-17-15-23(31)30(25(18-9-7-6-8-10-18)26(32)29-27(2,3)4)14-13-20-21-16-19(33-5)11-12-22(21)28-24(17)20/h11-12,15-16,18,25,28H,6-10,13-14H2,1-5H3,(H,29,32)/b17-15-. The van der Waals surface area contributed by atoms with Gasteiger partial charge in [-0.3, -0.25) is 9.59 Å². The first-order chi connectivity index (χ1) is 15.7. The second kappa shape index (κ2) is 9.24. The number of ether oxygens (including phenoxy) is 1. The van der Waals surface area contributed by atoms with Gasteiger partial charge in [0.05, 0.1) is 7.11 Å². The molecule has 0 saturated heterocycles. The van der Waals surface area contributed by atoms with Gasteiger partial charge in [-0.1, -0.05) is 19.3 Å². The highest BCUT2D eigenvalue weighted by Gasteiger charge is 2.38. The molecule has 178 valence electrons. The minimum atomic E-state index is -0.442. The highest BCUT2D eigenvalue weighted by atomic mass is 16.5. The number of nitrogens with one attached hydrogen (secondary N) is 2. The highest BCUT2D eigenvalue weighted by Crippen LogP contribution is 2.34. The van der Waals surface area contributed by atoms with E-state index in [-0.39, 0.29) is 23.3 Å². The maximum absolute atomic E-state index is 13.5. The SMILES string of the molecule is COc1ccc2[nH]c3c(c2c1)CCN(C(C(=O)NC(C)(C)C)C1CCCCC1)C(=O)/C=C\3C. The Morgan fingerprint density at radius 3 is 2.61 bits per heavy atom. The molecule has 6 nitrogen and oxygen atoms in total. The lowest BCUT2D eigenvalue weighted by Crippen LogP contribution is -2.57. The van der Waals surface area contributed by atoms with E-state index >= 15 is 0 Å². The number of hydrogen-bond acceptors (Lipinski definition) is 3. The zero-order valence-electron chi connectivity index (χ0n) is 20.6. The van der Waals surface area contributed by atoms with E-state index < -0.39 is 6.04 Å². The summed E-state index contributed by atoms with van der Waals surface area (Å²) in [5.41, 5.74) is 3.76. The Labute approximate surface area is 196 Å². The Balaban J connectivity index is 1.72. The fraction of sp³-hybridized carbons (Fsp3) is 0.556. The van der Waals surface area contributed by atoms with Crippen LogP contribution < -0.4 is 10.1 Å². The van der Waals surface area contributed by atoms with Crippen LogP contribution in [0.2, 0.25) is 0 Å². The summed E-state index contributed by atoms with van der Waals surface area (Å²) < 4.78 is 5.45. The molecule has 1 atom stereocenters. The third kappa shape index (κ3) is 4.94. The molecule has 1 aromatic heterocycles. The highest BCUT2D eigenvalue weighted by molar-refractivity contribution is 6.00. The van der Waals surface area contributed by atoms with Crippen molar-refractivity contribution in [1.82, 2.24) is 15.2 Å². The van der Waals surface area contributed by atoms with Crippen LogP contribution in [0.3, 0.4) is 0 Å². The average molecular weight is 452 g/mol. The van der Waals surface area contributed by atoms with Crippen LogP contribution in [0.15, 0.2) is 24.3 Å². The summed E-state index contributed by atoms with van der Waals surface area (Å²) in [6.07, 6.45) is 7.81. The van der Waals surface area contributed by atoms with E-state index in [9.17, 15) is 9.59 Å². The lowest BCUT2D eigenvalue weighted by molar-refractivity contribution is -0.140. The van der Waals surface area contributed by atoms with Gasteiger partial charge >= 0.3 is 0 Å². The maximum atomic E-state index is 13.5. The zero-order chi connectivity index (χ0) is 23.8. The molecule has 0 spiro atoms. The van der Waals surface area contributed by atoms with Crippen LogP contribution in [0.5, 0.6) is 5.75 Å². The van der Waals surface area contributed by atoms with Crippen LogP contribution in [0.25, 0.3) is 16.5 Å². The van der Waals surface area contributed by atoms with Gasteiger partial charge in [0.1, 0.15) is 11.8 Å². The van der Waals surface area contributed by atoms with Crippen LogP contribution >= 0.6 is 0 Å².